The first kappa shape index (κ1) is 19.8. The molecule has 0 bridgehead atoms. The zero-order chi connectivity index (χ0) is 19.4. The highest BCUT2D eigenvalue weighted by Gasteiger charge is 2.27. The fourth-order valence-electron chi connectivity index (χ4n) is 2.89. The van der Waals surface area contributed by atoms with Gasteiger partial charge in [0, 0.05) is 23.7 Å². The summed E-state index contributed by atoms with van der Waals surface area (Å²) in [5, 5.41) is 3.07. The second kappa shape index (κ2) is 8.39. The number of rotatable bonds is 5. The molecule has 3 rings (SSSR count). The monoisotopic (exact) mass is 408 g/mol. The van der Waals surface area contributed by atoms with E-state index in [2.05, 4.69) is 16.4 Å². The summed E-state index contributed by atoms with van der Waals surface area (Å²) in [5.74, 6) is 0.297. The minimum absolute atomic E-state index is 0.297. The first-order valence-corrected chi connectivity index (χ1v) is 10.9. The van der Waals surface area contributed by atoms with Crippen LogP contribution < -0.4 is 11.1 Å². The molecule has 9 heteroatoms. The van der Waals surface area contributed by atoms with Gasteiger partial charge in [-0.25, -0.2) is 13.4 Å². The minimum atomic E-state index is -3.46. The molecule has 0 atom stereocenters. The first-order valence-electron chi connectivity index (χ1n) is 8.66. The van der Waals surface area contributed by atoms with Gasteiger partial charge in [0.2, 0.25) is 0 Å². The molecular formula is C18H24N4O3S2. The lowest BCUT2D eigenvalue weighted by molar-refractivity contribution is 0.0731. The van der Waals surface area contributed by atoms with E-state index in [9.17, 15) is 8.42 Å². The predicted molar refractivity (Wildman–Crippen MR) is 109 cm³/mol. The highest BCUT2D eigenvalue weighted by atomic mass is 32.2. The number of sulfonamides is 1. The summed E-state index contributed by atoms with van der Waals surface area (Å²) in [6.45, 7) is 6.01. The van der Waals surface area contributed by atoms with Gasteiger partial charge in [-0.3, -0.25) is 0 Å². The predicted octanol–water partition coefficient (Wildman–Crippen LogP) is 2.31. The second-order valence-corrected chi connectivity index (χ2v) is 9.77. The van der Waals surface area contributed by atoms with E-state index in [0.29, 0.717) is 43.0 Å². The number of aryl methyl sites for hydroxylation is 2. The van der Waals surface area contributed by atoms with E-state index in [-0.39, 0.29) is 0 Å². The van der Waals surface area contributed by atoms with E-state index in [4.69, 9.17) is 10.5 Å². The largest absolute Gasteiger partial charge is 0.379 e. The summed E-state index contributed by atoms with van der Waals surface area (Å²) in [4.78, 5) is 5.16. The van der Waals surface area contributed by atoms with E-state index in [1.807, 2.05) is 26.0 Å². The smallest absolute Gasteiger partial charge is 0.252 e. The highest BCUT2D eigenvalue weighted by molar-refractivity contribution is 7.91. The maximum absolute atomic E-state index is 12.7. The molecule has 1 fully saturated rings. The van der Waals surface area contributed by atoms with Crippen LogP contribution in [0.5, 0.6) is 0 Å². The lowest BCUT2D eigenvalue weighted by Crippen LogP contribution is -2.40. The third-order valence-electron chi connectivity index (χ3n) is 4.10. The first-order chi connectivity index (χ1) is 12.8. The molecule has 0 spiro atoms. The summed E-state index contributed by atoms with van der Waals surface area (Å²) in [6.07, 6.45) is 0. The Bertz CT molecular complexity index is 912. The lowest BCUT2D eigenvalue weighted by atomic mass is 10.1. The Morgan fingerprint density at radius 2 is 1.89 bits per heavy atom. The van der Waals surface area contributed by atoms with Crippen LogP contribution in [0.4, 0.5) is 5.69 Å². The summed E-state index contributed by atoms with van der Waals surface area (Å²) in [5.41, 5.74) is 9.13. The maximum atomic E-state index is 12.7. The van der Waals surface area contributed by atoms with Crippen LogP contribution in [0.15, 0.2) is 39.5 Å². The van der Waals surface area contributed by atoms with Gasteiger partial charge in [0.1, 0.15) is 4.21 Å². The van der Waals surface area contributed by atoms with Crippen LogP contribution in [0, 0.1) is 13.8 Å². The topological polar surface area (TPSA) is 97.0 Å². The van der Waals surface area contributed by atoms with Crippen molar-refractivity contribution in [1.82, 2.24) is 4.31 Å². The van der Waals surface area contributed by atoms with Crippen molar-refractivity contribution >= 4 is 33.0 Å². The van der Waals surface area contributed by atoms with Crippen LogP contribution in [0.1, 0.15) is 16.0 Å². The van der Waals surface area contributed by atoms with Crippen molar-refractivity contribution in [3.05, 3.63) is 46.3 Å². The quantitative estimate of drug-likeness (QED) is 0.585. The standard InChI is InChI=1S/C18H24N4O3S2/c1-13-9-14(2)11-15(10-13)21-18(19)20-12-16-3-4-17(26-16)27(23,24)22-5-7-25-8-6-22/h3-4,9-11H,5-8,12H2,1-2H3,(H3,19,20,21). The Balaban J connectivity index is 1.65. The summed E-state index contributed by atoms with van der Waals surface area (Å²) in [7, 11) is -3.46. The normalized spacial score (nSPS) is 16.4. The third kappa shape index (κ3) is 5.07. The molecule has 0 radical (unpaired) electrons. The van der Waals surface area contributed by atoms with Crippen molar-refractivity contribution in [1.29, 1.82) is 0 Å². The number of nitrogens with one attached hydrogen (secondary N) is 1. The SMILES string of the molecule is Cc1cc(C)cc(NC(N)=NCc2ccc(S(=O)(=O)N3CCOCC3)s2)c1. The Morgan fingerprint density at radius 1 is 1.22 bits per heavy atom. The molecule has 2 aromatic rings. The molecule has 2 heterocycles. The molecule has 1 aromatic heterocycles. The maximum Gasteiger partial charge on any atom is 0.252 e. The van der Waals surface area contributed by atoms with Gasteiger partial charge in [-0.15, -0.1) is 11.3 Å². The Hall–Kier alpha value is -1.94. The number of morpholine rings is 1. The second-order valence-electron chi connectivity index (χ2n) is 6.44. The molecule has 1 aromatic carbocycles. The minimum Gasteiger partial charge on any atom is -0.379 e. The number of aliphatic imine (C=N–C) groups is 1. The van der Waals surface area contributed by atoms with Crippen LogP contribution in [0.2, 0.25) is 0 Å². The van der Waals surface area contributed by atoms with Gasteiger partial charge in [0.25, 0.3) is 10.0 Å². The highest BCUT2D eigenvalue weighted by Crippen LogP contribution is 2.26. The van der Waals surface area contributed by atoms with Crippen molar-refractivity contribution in [3.8, 4) is 0 Å². The molecule has 0 saturated carbocycles. The Morgan fingerprint density at radius 3 is 2.56 bits per heavy atom. The van der Waals surface area contributed by atoms with Gasteiger partial charge in [0.15, 0.2) is 5.96 Å². The average molecular weight is 409 g/mol. The van der Waals surface area contributed by atoms with Gasteiger partial charge < -0.3 is 15.8 Å². The van der Waals surface area contributed by atoms with Crippen molar-refractivity contribution in [2.45, 2.75) is 24.6 Å². The van der Waals surface area contributed by atoms with Crippen LogP contribution in [-0.4, -0.2) is 45.0 Å². The number of hydrogen-bond donors (Lipinski definition) is 2. The Kier molecular flexibility index (Phi) is 6.15. The molecular weight excluding hydrogens is 384 g/mol. The van der Waals surface area contributed by atoms with Crippen molar-refractivity contribution in [2.24, 2.45) is 10.7 Å². The molecule has 7 nitrogen and oxygen atoms in total. The molecule has 0 aliphatic carbocycles. The van der Waals surface area contributed by atoms with E-state index in [0.717, 1.165) is 21.7 Å². The van der Waals surface area contributed by atoms with Gasteiger partial charge >= 0.3 is 0 Å². The number of ether oxygens (including phenoxy) is 1. The van der Waals surface area contributed by atoms with Gasteiger partial charge in [-0.05, 0) is 49.2 Å². The van der Waals surface area contributed by atoms with Crippen LogP contribution in [-0.2, 0) is 21.3 Å². The van der Waals surface area contributed by atoms with E-state index in [1.165, 1.54) is 15.6 Å². The summed E-state index contributed by atoms with van der Waals surface area (Å²) in [6, 6.07) is 9.49. The number of nitrogens with zero attached hydrogens (tertiary/aromatic N) is 2. The number of hydrogen-bond acceptors (Lipinski definition) is 5. The lowest BCUT2D eigenvalue weighted by Gasteiger charge is -2.25. The number of guanidine groups is 1. The van der Waals surface area contributed by atoms with Crippen molar-refractivity contribution in [2.75, 3.05) is 31.6 Å². The summed E-state index contributed by atoms with van der Waals surface area (Å²) < 4.78 is 32.3. The number of anilines is 1. The van der Waals surface area contributed by atoms with Gasteiger partial charge in [0.05, 0.1) is 19.8 Å². The average Bonchev–Trinajstić information content (AvgIpc) is 3.10. The zero-order valence-electron chi connectivity index (χ0n) is 15.4. The molecule has 1 aliphatic heterocycles. The molecule has 27 heavy (non-hydrogen) atoms. The molecule has 0 unspecified atom stereocenters. The molecule has 1 aliphatic rings. The summed E-state index contributed by atoms with van der Waals surface area (Å²) >= 11 is 1.23. The van der Waals surface area contributed by atoms with Crippen LogP contribution >= 0.6 is 11.3 Å². The third-order valence-corrected chi connectivity index (χ3v) is 7.54. The number of benzene rings is 1. The fraction of sp³-hybridized carbons (Fsp3) is 0.389. The number of nitrogens with two attached hydrogens (primary N) is 1. The van der Waals surface area contributed by atoms with Crippen molar-refractivity contribution in [3.63, 3.8) is 0 Å². The fourth-order valence-corrected chi connectivity index (χ4v) is 5.74. The molecule has 0 amide bonds. The zero-order valence-corrected chi connectivity index (χ0v) is 17.1. The van der Waals surface area contributed by atoms with E-state index >= 15 is 0 Å². The molecule has 1 saturated heterocycles. The van der Waals surface area contributed by atoms with E-state index < -0.39 is 10.0 Å². The van der Waals surface area contributed by atoms with Crippen LogP contribution in [0.25, 0.3) is 0 Å². The molecule has 146 valence electrons. The van der Waals surface area contributed by atoms with Gasteiger partial charge in [-0.2, -0.15) is 4.31 Å². The van der Waals surface area contributed by atoms with Gasteiger partial charge in [-0.1, -0.05) is 6.07 Å². The molecule has 3 N–H and O–H groups in total. The van der Waals surface area contributed by atoms with Crippen LogP contribution in [0.3, 0.4) is 0 Å². The van der Waals surface area contributed by atoms with E-state index in [1.54, 1.807) is 12.1 Å². The Labute approximate surface area is 163 Å². The van der Waals surface area contributed by atoms with Crippen molar-refractivity contribution < 1.29 is 13.2 Å². The number of thiophene rings is 1.